The fourth-order valence-electron chi connectivity index (χ4n) is 3.82. The normalized spacial score (nSPS) is 22.1. The predicted molar refractivity (Wildman–Crippen MR) is 93.1 cm³/mol. The minimum atomic E-state index is -0.00690. The van der Waals surface area contributed by atoms with Crippen molar-refractivity contribution >= 4 is 22.9 Å². The number of aromatic nitrogens is 2. The van der Waals surface area contributed by atoms with Crippen molar-refractivity contribution in [1.29, 1.82) is 0 Å². The van der Waals surface area contributed by atoms with E-state index in [0.29, 0.717) is 25.0 Å². The number of nitrogens with one attached hydrogen (secondary N) is 2. The third-order valence-electron chi connectivity index (χ3n) is 4.97. The van der Waals surface area contributed by atoms with Gasteiger partial charge in [-0.05, 0) is 25.0 Å². The lowest BCUT2D eigenvalue weighted by molar-refractivity contribution is -0.117. The number of imidazole rings is 1. The highest BCUT2D eigenvalue weighted by molar-refractivity contribution is 5.92. The van der Waals surface area contributed by atoms with Crippen LogP contribution in [0.1, 0.15) is 38.1 Å². The number of hydrogen-bond acceptors (Lipinski definition) is 4. The standard InChI is InChI=1S/C18H24N4O2/c23-17(11-13-12-24-10-9-19-13)21-18-20-15-7-3-4-8-16(15)22(18)14-5-1-2-6-14/h3-4,7-8,13-14,19H,1-2,5-6,9-12H2,(H,20,21,23). The molecule has 4 rings (SSSR count). The lowest BCUT2D eigenvalue weighted by Crippen LogP contribution is -2.43. The lowest BCUT2D eigenvalue weighted by Gasteiger charge is -2.23. The van der Waals surface area contributed by atoms with Gasteiger partial charge in [-0.3, -0.25) is 10.1 Å². The van der Waals surface area contributed by atoms with Crippen LogP contribution in [0.15, 0.2) is 24.3 Å². The second-order valence-electron chi connectivity index (χ2n) is 6.71. The molecule has 1 saturated carbocycles. The molecule has 1 aromatic heterocycles. The molecule has 2 heterocycles. The van der Waals surface area contributed by atoms with Crippen molar-refractivity contribution in [3.05, 3.63) is 24.3 Å². The van der Waals surface area contributed by atoms with Crippen LogP contribution in [0, 0.1) is 0 Å². The molecule has 1 aliphatic heterocycles. The van der Waals surface area contributed by atoms with E-state index < -0.39 is 0 Å². The van der Waals surface area contributed by atoms with E-state index in [9.17, 15) is 4.79 Å². The minimum Gasteiger partial charge on any atom is -0.378 e. The highest BCUT2D eigenvalue weighted by atomic mass is 16.5. The molecule has 128 valence electrons. The Morgan fingerprint density at radius 3 is 2.96 bits per heavy atom. The summed E-state index contributed by atoms with van der Waals surface area (Å²) >= 11 is 0. The fourth-order valence-corrected chi connectivity index (χ4v) is 3.82. The van der Waals surface area contributed by atoms with Crippen LogP contribution in [0.2, 0.25) is 0 Å². The van der Waals surface area contributed by atoms with Crippen molar-refractivity contribution < 1.29 is 9.53 Å². The number of para-hydroxylation sites is 2. The van der Waals surface area contributed by atoms with Crippen molar-refractivity contribution in [3.63, 3.8) is 0 Å². The van der Waals surface area contributed by atoms with Crippen molar-refractivity contribution in [3.8, 4) is 0 Å². The maximum absolute atomic E-state index is 12.5. The minimum absolute atomic E-state index is 0.00690. The zero-order valence-corrected chi connectivity index (χ0v) is 13.8. The van der Waals surface area contributed by atoms with Crippen LogP contribution in [-0.4, -0.2) is 41.3 Å². The molecule has 1 saturated heterocycles. The quantitative estimate of drug-likeness (QED) is 0.905. The second-order valence-corrected chi connectivity index (χ2v) is 6.71. The number of rotatable bonds is 4. The molecule has 1 aliphatic carbocycles. The SMILES string of the molecule is O=C(CC1COCCN1)Nc1nc2ccccc2n1C1CCCC1. The third kappa shape index (κ3) is 3.16. The van der Waals surface area contributed by atoms with E-state index in [1.54, 1.807) is 0 Å². The van der Waals surface area contributed by atoms with Crippen LogP contribution in [0.5, 0.6) is 0 Å². The first kappa shape index (κ1) is 15.6. The van der Waals surface area contributed by atoms with Gasteiger partial charge in [0.15, 0.2) is 0 Å². The van der Waals surface area contributed by atoms with Crippen molar-refractivity contribution in [2.75, 3.05) is 25.1 Å². The molecule has 0 spiro atoms. The average Bonchev–Trinajstić information content (AvgIpc) is 3.22. The molecule has 6 heteroatoms. The van der Waals surface area contributed by atoms with Gasteiger partial charge in [0.1, 0.15) is 0 Å². The van der Waals surface area contributed by atoms with Crippen molar-refractivity contribution in [2.45, 2.75) is 44.2 Å². The Balaban J connectivity index is 1.56. The van der Waals surface area contributed by atoms with E-state index in [1.165, 1.54) is 12.8 Å². The Labute approximate surface area is 141 Å². The summed E-state index contributed by atoms with van der Waals surface area (Å²) in [5.74, 6) is 0.678. The fraction of sp³-hybridized carbons (Fsp3) is 0.556. The van der Waals surface area contributed by atoms with Gasteiger partial charge in [-0.15, -0.1) is 0 Å². The number of anilines is 1. The first-order chi connectivity index (χ1) is 11.8. The van der Waals surface area contributed by atoms with Gasteiger partial charge in [-0.2, -0.15) is 0 Å². The van der Waals surface area contributed by atoms with Crippen molar-refractivity contribution in [2.24, 2.45) is 0 Å². The maximum atomic E-state index is 12.5. The number of amides is 1. The number of carbonyl (C=O) groups is 1. The van der Waals surface area contributed by atoms with Crippen LogP contribution >= 0.6 is 0 Å². The van der Waals surface area contributed by atoms with Gasteiger partial charge in [0.05, 0.1) is 24.2 Å². The van der Waals surface area contributed by atoms with Gasteiger partial charge < -0.3 is 14.6 Å². The number of benzene rings is 1. The first-order valence-electron chi connectivity index (χ1n) is 8.89. The Hall–Kier alpha value is -1.92. The van der Waals surface area contributed by atoms with Gasteiger partial charge in [-0.1, -0.05) is 25.0 Å². The van der Waals surface area contributed by atoms with Crippen molar-refractivity contribution in [1.82, 2.24) is 14.9 Å². The monoisotopic (exact) mass is 328 g/mol. The number of hydrogen-bond donors (Lipinski definition) is 2. The maximum Gasteiger partial charge on any atom is 0.228 e. The van der Waals surface area contributed by atoms with E-state index in [1.807, 2.05) is 18.2 Å². The Morgan fingerprint density at radius 2 is 2.17 bits per heavy atom. The molecule has 0 radical (unpaired) electrons. The number of carbonyl (C=O) groups excluding carboxylic acids is 1. The Bertz CT molecular complexity index is 715. The van der Waals surface area contributed by atoms with Crippen LogP contribution < -0.4 is 10.6 Å². The van der Waals surface area contributed by atoms with Crippen LogP contribution in [0.25, 0.3) is 11.0 Å². The highest BCUT2D eigenvalue weighted by Crippen LogP contribution is 2.35. The summed E-state index contributed by atoms with van der Waals surface area (Å²) in [5.41, 5.74) is 2.05. The van der Waals surface area contributed by atoms with E-state index in [-0.39, 0.29) is 11.9 Å². The summed E-state index contributed by atoms with van der Waals surface area (Å²) in [6, 6.07) is 8.64. The largest absolute Gasteiger partial charge is 0.378 e. The van der Waals surface area contributed by atoms with E-state index in [2.05, 4.69) is 26.3 Å². The molecule has 2 fully saturated rings. The lowest BCUT2D eigenvalue weighted by atomic mass is 10.2. The van der Waals surface area contributed by atoms with E-state index in [0.717, 1.165) is 37.0 Å². The second kappa shape index (κ2) is 6.91. The summed E-state index contributed by atoms with van der Waals surface area (Å²) in [6.45, 7) is 2.11. The molecule has 2 aromatic rings. The number of morpholine rings is 1. The van der Waals surface area contributed by atoms with Gasteiger partial charge in [0.2, 0.25) is 11.9 Å². The van der Waals surface area contributed by atoms with Gasteiger partial charge in [0.25, 0.3) is 0 Å². The number of nitrogens with zero attached hydrogens (tertiary/aromatic N) is 2. The number of fused-ring (bicyclic) bond motifs is 1. The van der Waals surface area contributed by atoms with Crippen LogP contribution in [-0.2, 0) is 9.53 Å². The molecule has 1 atom stereocenters. The predicted octanol–water partition coefficient (Wildman–Crippen LogP) is 2.47. The molecule has 1 aromatic carbocycles. The van der Waals surface area contributed by atoms with Gasteiger partial charge in [0, 0.05) is 25.0 Å². The summed E-state index contributed by atoms with van der Waals surface area (Å²) in [5, 5.41) is 6.36. The molecule has 1 amide bonds. The zero-order valence-electron chi connectivity index (χ0n) is 13.8. The summed E-state index contributed by atoms with van der Waals surface area (Å²) in [4.78, 5) is 17.1. The van der Waals surface area contributed by atoms with E-state index in [4.69, 9.17) is 4.74 Å². The van der Waals surface area contributed by atoms with Gasteiger partial charge >= 0.3 is 0 Å². The molecule has 24 heavy (non-hydrogen) atoms. The third-order valence-corrected chi connectivity index (χ3v) is 4.97. The Morgan fingerprint density at radius 1 is 1.33 bits per heavy atom. The topological polar surface area (TPSA) is 68.2 Å². The zero-order chi connectivity index (χ0) is 16.4. The van der Waals surface area contributed by atoms with Crippen LogP contribution in [0.3, 0.4) is 0 Å². The molecule has 0 bridgehead atoms. The molecule has 1 unspecified atom stereocenters. The highest BCUT2D eigenvalue weighted by Gasteiger charge is 2.24. The van der Waals surface area contributed by atoms with E-state index >= 15 is 0 Å². The average molecular weight is 328 g/mol. The molecular formula is C18H24N4O2. The van der Waals surface area contributed by atoms with Crippen LogP contribution in [0.4, 0.5) is 5.95 Å². The first-order valence-corrected chi connectivity index (χ1v) is 8.89. The smallest absolute Gasteiger partial charge is 0.228 e. The molecule has 6 nitrogen and oxygen atoms in total. The summed E-state index contributed by atoms with van der Waals surface area (Å²) in [6.07, 6.45) is 5.21. The summed E-state index contributed by atoms with van der Waals surface area (Å²) in [7, 11) is 0. The number of ether oxygens (including phenoxy) is 1. The van der Waals surface area contributed by atoms with Gasteiger partial charge in [-0.25, -0.2) is 4.98 Å². The Kier molecular flexibility index (Phi) is 4.49. The molecule has 2 aliphatic rings. The molecule has 2 N–H and O–H groups in total. The molecular weight excluding hydrogens is 304 g/mol. The summed E-state index contributed by atoms with van der Waals surface area (Å²) < 4.78 is 7.65.